The smallest absolute Gasteiger partial charge is 0 e. The van der Waals surface area contributed by atoms with E-state index in [9.17, 15) is 11.0 Å². The second kappa shape index (κ2) is 18.8. The molecule has 0 N–H and O–H groups in total. The minimum Gasteiger partial charge on any atom is 0 e. The molecule has 1 fully saturated rings. The van der Waals surface area contributed by atoms with Gasteiger partial charge in [-0.3, -0.25) is 9.37 Å². The number of aromatic nitrogens is 3. The van der Waals surface area contributed by atoms with Gasteiger partial charge in [0.2, 0.25) is 0 Å². The van der Waals surface area contributed by atoms with Crippen LogP contribution in [0.5, 0.6) is 0 Å². The van der Waals surface area contributed by atoms with Gasteiger partial charge in [-0.2, -0.15) is 5.26 Å². The van der Waals surface area contributed by atoms with Crippen LogP contribution < -0.4 is 0 Å². The number of imidazole rings is 1. The van der Waals surface area contributed by atoms with Crippen molar-refractivity contribution in [2.45, 2.75) is 119 Å². The Labute approximate surface area is 430 Å². The summed E-state index contributed by atoms with van der Waals surface area (Å²) >= 11 is -1.67. The average Bonchev–Trinajstić information content (AvgIpc) is 3.93. The maximum atomic E-state index is 13.6. The van der Waals surface area contributed by atoms with E-state index in [-0.39, 0.29) is 48.6 Å². The first-order valence-corrected chi connectivity index (χ1v) is 31.7. The number of hydrogen-bond acceptors (Lipinski definition) is 4. The molecule has 8 heteroatoms. The molecule has 0 atom stereocenters. The third kappa shape index (κ3) is 8.58. The number of pyridine rings is 1. The van der Waals surface area contributed by atoms with E-state index < -0.39 is 19.2 Å². The summed E-state index contributed by atoms with van der Waals surface area (Å²) in [5, 5.41) is 14.0. The SMILES string of the molecule is CC1(C)c2cc(F)c[c-]c2-c2ncccc2C1(C)C.[2H]C1(c2ccc(-c3cc(C(C)C)c(-n4c(-c5[c-]ccc6c5oc5cc(C#N)ccc56)nc5ccccc54)c(C(C)C)c3)cc2)C[CH2][Ge]([CH3])([CH3])[CH2]C1.[Ir]. The van der Waals surface area contributed by atoms with Crippen LogP contribution in [0.1, 0.15) is 121 Å². The van der Waals surface area contributed by atoms with Gasteiger partial charge >= 0.3 is 169 Å². The number of nitriles is 1. The molecule has 1 saturated heterocycles. The predicted molar refractivity (Wildman–Crippen MR) is 285 cm³/mol. The van der Waals surface area contributed by atoms with E-state index in [1.807, 2.05) is 42.5 Å². The van der Waals surface area contributed by atoms with Gasteiger partial charge in [0.05, 0.1) is 34.1 Å². The monoisotopic (exact) mass is 1160 g/mol. The van der Waals surface area contributed by atoms with Gasteiger partial charge in [0.1, 0.15) is 5.58 Å². The Kier molecular flexibility index (Phi) is 12.9. The second-order valence-corrected chi connectivity index (χ2v) is 32.9. The zero-order valence-electron chi connectivity index (χ0n) is 42.9. The van der Waals surface area contributed by atoms with Crippen LogP contribution >= 0.6 is 0 Å². The standard InChI is InChI=1S/C45H44GeN3O.C17H17FN.Ir/c1-28(2)38-25-34(32-17-15-31(16-18-32)33-20-22-46(5,6)23-21-33)26-39(29(3)4)43(38)49-41-13-8-7-12-40(41)48-45(49)37-11-9-10-36-35-19-14-30(27-47)24-42(35)50-44(36)37;1-16(2)13-6-5-9-19-15(13)12-8-7-11(18)10-14(12)17(16,3)4;/h7-10,12-19,24-26,28-29,33H,20-23H2,1-6H3;5-7,9-10H,1-4H3;/q2*-1;/i33D;;. The Morgan fingerprint density at radius 1 is 0.800 bits per heavy atom. The fourth-order valence-electron chi connectivity index (χ4n) is 10.7. The number of halogens is 1. The molecule has 357 valence electrons. The number of nitrogens with zero attached hydrogens (tertiary/aromatic N) is 4. The van der Waals surface area contributed by atoms with E-state index in [0.717, 1.165) is 74.1 Å². The summed E-state index contributed by atoms with van der Waals surface area (Å²) in [6.07, 6.45) is 3.77. The molecule has 70 heavy (non-hydrogen) atoms. The van der Waals surface area contributed by atoms with Crippen LogP contribution in [0.4, 0.5) is 4.39 Å². The third-order valence-corrected chi connectivity index (χ3v) is 22.4. The number of hydrogen-bond donors (Lipinski definition) is 0. The summed E-state index contributed by atoms with van der Waals surface area (Å²) < 4.78 is 31.8. The molecule has 2 aliphatic rings. The molecule has 4 heterocycles. The van der Waals surface area contributed by atoms with Gasteiger partial charge in [0.15, 0.2) is 0 Å². The second-order valence-electron chi connectivity index (χ2n) is 21.7. The summed E-state index contributed by atoms with van der Waals surface area (Å²) in [7, 11) is 0. The minimum absolute atomic E-state index is 0. The summed E-state index contributed by atoms with van der Waals surface area (Å²) in [6.45, 7) is 17.8. The summed E-state index contributed by atoms with van der Waals surface area (Å²) in [4.78, 5) is 9.77. The van der Waals surface area contributed by atoms with Crippen LogP contribution in [0.3, 0.4) is 0 Å². The first-order valence-electron chi connectivity index (χ1n) is 25.0. The zero-order valence-corrected chi connectivity index (χ0v) is 46.4. The molecule has 0 saturated carbocycles. The Balaban J connectivity index is 0.000000261. The fourth-order valence-corrected chi connectivity index (χ4v) is 15.4. The maximum absolute atomic E-state index is 13.6. The van der Waals surface area contributed by atoms with E-state index in [1.165, 1.54) is 44.4 Å². The summed E-state index contributed by atoms with van der Waals surface area (Å²) in [6, 6.07) is 47.5. The van der Waals surface area contributed by atoms with Crippen molar-refractivity contribution in [3.05, 3.63) is 173 Å². The van der Waals surface area contributed by atoms with Gasteiger partial charge in [-0.1, -0.05) is 68.5 Å². The average molecular weight is 1160 g/mol. The Morgan fingerprint density at radius 3 is 2.17 bits per heavy atom. The number of benzene rings is 6. The molecule has 1 aliphatic heterocycles. The summed E-state index contributed by atoms with van der Waals surface area (Å²) in [5.41, 5.74) is 15.7. The molecule has 0 unspecified atom stereocenters. The van der Waals surface area contributed by atoms with Gasteiger partial charge in [-0.05, 0) is 46.9 Å². The topological polar surface area (TPSA) is 67.6 Å². The molecule has 1 radical (unpaired) electrons. The maximum Gasteiger partial charge on any atom is 0 e. The van der Waals surface area contributed by atoms with Gasteiger partial charge in [-0.25, -0.2) is 0 Å². The molecule has 9 aromatic rings. The van der Waals surface area contributed by atoms with E-state index in [2.05, 4.69) is 155 Å². The van der Waals surface area contributed by atoms with Crippen LogP contribution in [0.15, 0.2) is 126 Å². The van der Waals surface area contributed by atoms with E-state index >= 15 is 0 Å². The van der Waals surface area contributed by atoms with Gasteiger partial charge in [0, 0.05) is 37.5 Å². The van der Waals surface area contributed by atoms with Crippen LogP contribution in [0.25, 0.3) is 72.4 Å². The van der Waals surface area contributed by atoms with Crippen molar-refractivity contribution in [1.29, 1.82) is 5.26 Å². The Morgan fingerprint density at radius 2 is 1.49 bits per heavy atom. The molecular formula is C62H61FGeIrN4O-2. The van der Waals surface area contributed by atoms with Crippen molar-refractivity contribution < 1.29 is 30.3 Å². The number of furan rings is 1. The number of fused-ring (bicyclic) bond motifs is 7. The van der Waals surface area contributed by atoms with E-state index in [0.29, 0.717) is 16.7 Å². The molecule has 11 rings (SSSR count). The van der Waals surface area contributed by atoms with Crippen LogP contribution in [-0.2, 0) is 30.9 Å². The van der Waals surface area contributed by atoms with Crippen molar-refractivity contribution in [3.63, 3.8) is 0 Å². The zero-order chi connectivity index (χ0) is 49.5. The number of para-hydroxylation sites is 2. The van der Waals surface area contributed by atoms with Crippen molar-refractivity contribution in [2.75, 3.05) is 0 Å². The van der Waals surface area contributed by atoms with Crippen molar-refractivity contribution in [1.82, 2.24) is 14.5 Å². The quantitative estimate of drug-likeness (QED) is 0.123. The Hall–Kier alpha value is -5.65. The van der Waals surface area contributed by atoms with Crippen LogP contribution in [0.2, 0.25) is 22.0 Å². The minimum atomic E-state index is -1.67. The molecule has 5 nitrogen and oxygen atoms in total. The first kappa shape index (κ1) is 48.0. The normalized spacial score (nSPS) is 16.5. The molecule has 0 amide bonds. The van der Waals surface area contributed by atoms with Crippen LogP contribution in [-0.4, -0.2) is 27.8 Å². The van der Waals surface area contributed by atoms with Crippen LogP contribution in [0, 0.1) is 29.3 Å². The van der Waals surface area contributed by atoms with Gasteiger partial charge in [-0.15, -0.1) is 47.5 Å². The van der Waals surface area contributed by atoms with Gasteiger partial charge in [0.25, 0.3) is 0 Å². The molecular weight excluding hydrogens is 1100 g/mol. The van der Waals surface area contributed by atoms with Crippen molar-refractivity contribution >= 4 is 46.2 Å². The molecule has 3 aromatic heterocycles. The Bertz CT molecular complexity index is 3500. The molecule has 0 spiro atoms. The first-order chi connectivity index (χ1) is 33.3. The summed E-state index contributed by atoms with van der Waals surface area (Å²) in [5.74, 6) is 5.58. The fraction of sp³-hybridized carbons (Fsp3) is 0.306. The van der Waals surface area contributed by atoms with E-state index in [1.54, 1.807) is 12.3 Å². The molecule has 1 aliphatic carbocycles. The molecule has 0 bridgehead atoms. The number of rotatable bonds is 6. The molecule has 6 aromatic carbocycles. The third-order valence-electron chi connectivity index (χ3n) is 15.7. The van der Waals surface area contributed by atoms with Gasteiger partial charge < -0.3 is 9.40 Å². The largest absolute Gasteiger partial charge is 0 e. The predicted octanol–water partition coefficient (Wildman–Crippen LogP) is 17.0. The van der Waals surface area contributed by atoms with E-state index in [4.69, 9.17) is 9.40 Å². The van der Waals surface area contributed by atoms with Crippen molar-refractivity contribution in [2.24, 2.45) is 0 Å². The van der Waals surface area contributed by atoms with Crippen molar-refractivity contribution in [3.8, 4) is 45.5 Å².